The molecule has 1 amide bonds. The lowest BCUT2D eigenvalue weighted by atomic mass is 10.0. The van der Waals surface area contributed by atoms with Gasteiger partial charge in [0.25, 0.3) is 5.91 Å². The van der Waals surface area contributed by atoms with E-state index in [9.17, 15) is 4.79 Å². The van der Waals surface area contributed by atoms with Gasteiger partial charge in [0, 0.05) is 46.5 Å². The number of aryl methyl sites for hydroxylation is 1. The number of carbonyl (C=O) groups excluding carboxylic acids is 1. The summed E-state index contributed by atoms with van der Waals surface area (Å²) in [6.45, 7) is 0.490. The SMILES string of the molecule is COc1ccc2[nH]c3c(c2c1)CNC(=O)c1c-3c2ccccc2n1C. The number of rotatable bonds is 1. The molecule has 5 heteroatoms. The van der Waals surface area contributed by atoms with E-state index < -0.39 is 0 Å². The van der Waals surface area contributed by atoms with Crippen molar-refractivity contribution in [2.24, 2.45) is 7.05 Å². The molecule has 2 N–H and O–H groups in total. The lowest BCUT2D eigenvalue weighted by molar-refractivity contribution is 0.0945. The molecule has 0 fully saturated rings. The van der Waals surface area contributed by atoms with E-state index in [1.165, 1.54) is 0 Å². The van der Waals surface area contributed by atoms with Crippen LogP contribution in [0, 0.1) is 0 Å². The summed E-state index contributed by atoms with van der Waals surface area (Å²) in [5.74, 6) is 0.761. The summed E-state index contributed by atoms with van der Waals surface area (Å²) in [5, 5.41) is 5.21. The standard InChI is InChI=1S/C20H17N3O2/c1-23-16-6-4-3-5-12(16)17-18-14(10-21-20(24)19(17)23)13-9-11(25-2)7-8-15(13)22-18/h3-9,22H,10H2,1-2H3,(H,21,24). The third kappa shape index (κ3) is 1.80. The molecule has 4 aromatic rings. The molecule has 3 heterocycles. The Kier molecular flexibility index (Phi) is 2.77. The molecule has 0 radical (unpaired) electrons. The van der Waals surface area contributed by atoms with Gasteiger partial charge in [-0.25, -0.2) is 0 Å². The van der Waals surface area contributed by atoms with Crippen molar-refractivity contribution in [3.63, 3.8) is 0 Å². The molecule has 0 saturated carbocycles. The van der Waals surface area contributed by atoms with Gasteiger partial charge in [-0.3, -0.25) is 4.79 Å². The second-order valence-corrected chi connectivity index (χ2v) is 6.37. The summed E-state index contributed by atoms with van der Waals surface area (Å²) >= 11 is 0. The molecule has 1 aliphatic heterocycles. The Labute approximate surface area is 144 Å². The summed E-state index contributed by atoms with van der Waals surface area (Å²) in [6.07, 6.45) is 0. The Morgan fingerprint density at radius 3 is 2.80 bits per heavy atom. The van der Waals surface area contributed by atoms with Crippen LogP contribution in [0.25, 0.3) is 33.1 Å². The molecule has 2 aromatic carbocycles. The fraction of sp³-hybridized carbons (Fsp3) is 0.150. The number of para-hydroxylation sites is 1. The van der Waals surface area contributed by atoms with Crippen LogP contribution in [-0.4, -0.2) is 22.6 Å². The van der Waals surface area contributed by atoms with Gasteiger partial charge < -0.3 is 19.6 Å². The van der Waals surface area contributed by atoms with E-state index in [1.54, 1.807) is 7.11 Å². The molecule has 0 aliphatic carbocycles. The summed E-state index contributed by atoms with van der Waals surface area (Å²) in [5.41, 5.74) is 5.86. The summed E-state index contributed by atoms with van der Waals surface area (Å²) < 4.78 is 7.35. The maximum absolute atomic E-state index is 12.8. The van der Waals surface area contributed by atoms with Crippen LogP contribution in [0.2, 0.25) is 0 Å². The highest BCUT2D eigenvalue weighted by Crippen LogP contribution is 2.40. The minimum absolute atomic E-state index is 0.0469. The van der Waals surface area contributed by atoms with Gasteiger partial charge in [0.15, 0.2) is 0 Å². The quantitative estimate of drug-likeness (QED) is 0.560. The number of nitrogens with zero attached hydrogens (tertiary/aromatic N) is 1. The third-order valence-corrected chi connectivity index (χ3v) is 5.11. The number of hydrogen-bond donors (Lipinski definition) is 2. The van der Waals surface area contributed by atoms with Gasteiger partial charge in [-0.05, 0) is 24.3 Å². The molecule has 0 spiro atoms. The first-order chi connectivity index (χ1) is 12.2. The molecule has 2 aromatic heterocycles. The van der Waals surface area contributed by atoms with Gasteiger partial charge in [-0.15, -0.1) is 0 Å². The van der Waals surface area contributed by atoms with E-state index in [0.29, 0.717) is 12.2 Å². The van der Waals surface area contributed by atoms with Gasteiger partial charge in [0.05, 0.1) is 12.8 Å². The highest BCUT2D eigenvalue weighted by Gasteiger charge is 2.28. The number of ether oxygens (including phenoxy) is 1. The molecule has 0 bridgehead atoms. The zero-order chi connectivity index (χ0) is 17.1. The van der Waals surface area contributed by atoms with Crippen molar-refractivity contribution in [2.75, 3.05) is 7.11 Å². The largest absolute Gasteiger partial charge is 0.497 e. The Morgan fingerprint density at radius 2 is 1.96 bits per heavy atom. The Bertz CT molecular complexity index is 1170. The van der Waals surface area contributed by atoms with Crippen LogP contribution >= 0.6 is 0 Å². The number of fused-ring (bicyclic) bond motifs is 7. The van der Waals surface area contributed by atoms with Crippen LogP contribution in [0.1, 0.15) is 16.1 Å². The minimum Gasteiger partial charge on any atom is -0.497 e. The molecule has 5 rings (SSSR count). The number of benzene rings is 2. The van der Waals surface area contributed by atoms with Crippen molar-refractivity contribution in [3.8, 4) is 17.0 Å². The van der Waals surface area contributed by atoms with Crippen molar-refractivity contribution >= 4 is 27.7 Å². The van der Waals surface area contributed by atoms with E-state index in [2.05, 4.69) is 16.4 Å². The Morgan fingerprint density at radius 1 is 1.12 bits per heavy atom. The van der Waals surface area contributed by atoms with Crippen LogP contribution in [0.5, 0.6) is 5.75 Å². The second-order valence-electron chi connectivity index (χ2n) is 6.37. The molecular formula is C20H17N3O2. The average molecular weight is 331 g/mol. The van der Waals surface area contributed by atoms with Crippen LogP contribution in [0.3, 0.4) is 0 Å². The molecule has 0 unspecified atom stereocenters. The molecular weight excluding hydrogens is 314 g/mol. The number of aromatic nitrogens is 2. The predicted molar refractivity (Wildman–Crippen MR) is 97.9 cm³/mol. The van der Waals surface area contributed by atoms with Gasteiger partial charge in [-0.1, -0.05) is 18.2 Å². The van der Waals surface area contributed by atoms with Crippen LogP contribution in [0.4, 0.5) is 0 Å². The summed E-state index contributed by atoms with van der Waals surface area (Å²) in [6, 6.07) is 14.1. The van der Waals surface area contributed by atoms with Crippen LogP contribution < -0.4 is 10.1 Å². The normalized spacial score (nSPS) is 13.4. The average Bonchev–Trinajstić information content (AvgIpc) is 3.09. The molecule has 0 saturated heterocycles. The van der Waals surface area contributed by atoms with Gasteiger partial charge in [-0.2, -0.15) is 0 Å². The molecule has 5 nitrogen and oxygen atoms in total. The minimum atomic E-state index is -0.0469. The topological polar surface area (TPSA) is 59.0 Å². The molecule has 1 aliphatic rings. The van der Waals surface area contributed by atoms with Crippen molar-refractivity contribution in [1.29, 1.82) is 0 Å². The maximum Gasteiger partial charge on any atom is 0.268 e. The van der Waals surface area contributed by atoms with Crippen LogP contribution in [0.15, 0.2) is 42.5 Å². The number of hydrogen-bond acceptors (Lipinski definition) is 2. The number of carbonyl (C=O) groups is 1. The number of amides is 1. The second kappa shape index (κ2) is 4.89. The summed E-state index contributed by atoms with van der Waals surface area (Å²) in [4.78, 5) is 16.3. The van der Waals surface area contributed by atoms with Gasteiger partial charge in [0.1, 0.15) is 11.4 Å². The first-order valence-corrected chi connectivity index (χ1v) is 8.23. The summed E-state index contributed by atoms with van der Waals surface area (Å²) in [7, 11) is 3.61. The highest BCUT2D eigenvalue weighted by atomic mass is 16.5. The van der Waals surface area contributed by atoms with E-state index in [0.717, 1.165) is 44.4 Å². The number of nitrogens with one attached hydrogen (secondary N) is 2. The molecule has 25 heavy (non-hydrogen) atoms. The van der Waals surface area contributed by atoms with E-state index in [4.69, 9.17) is 4.74 Å². The van der Waals surface area contributed by atoms with E-state index in [1.807, 2.05) is 48.0 Å². The van der Waals surface area contributed by atoms with Crippen molar-refractivity contribution in [2.45, 2.75) is 6.54 Å². The fourth-order valence-corrected chi connectivity index (χ4v) is 3.92. The first-order valence-electron chi connectivity index (χ1n) is 8.23. The zero-order valence-corrected chi connectivity index (χ0v) is 14.0. The Hall–Kier alpha value is -3.21. The van der Waals surface area contributed by atoms with Gasteiger partial charge in [0.2, 0.25) is 0 Å². The monoisotopic (exact) mass is 331 g/mol. The first kappa shape index (κ1) is 14.2. The predicted octanol–water partition coefficient (Wildman–Crippen LogP) is 3.58. The Balaban J connectivity index is 1.93. The maximum atomic E-state index is 12.8. The highest BCUT2D eigenvalue weighted by molar-refractivity contribution is 6.12. The third-order valence-electron chi connectivity index (χ3n) is 5.11. The van der Waals surface area contributed by atoms with Crippen molar-refractivity contribution in [1.82, 2.24) is 14.9 Å². The number of methoxy groups -OCH3 is 1. The zero-order valence-electron chi connectivity index (χ0n) is 14.0. The van der Waals surface area contributed by atoms with E-state index >= 15 is 0 Å². The van der Waals surface area contributed by atoms with Crippen molar-refractivity contribution in [3.05, 3.63) is 53.7 Å². The van der Waals surface area contributed by atoms with Crippen LogP contribution in [-0.2, 0) is 13.6 Å². The fourth-order valence-electron chi connectivity index (χ4n) is 3.92. The van der Waals surface area contributed by atoms with E-state index in [-0.39, 0.29) is 5.91 Å². The molecule has 124 valence electrons. The molecule has 0 atom stereocenters. The number of aromatic amines is 1. The number of H-pyrrole nitrogens is 1. The van der Waals surface area contributed by atoms with Gasteiger partial charge >= 0.3 is 0 Å². The smallest absolute Gasteiger partial charge is 0.268 e. The lowest BCUT2D eigenvalue weighted by Crippen LogP contribution is -2.23. The van der Waals surface area contributed by atoms with Crippen molar-refractivity contribution < 1.29 is 9.53 Å². The lowest BCUT2D eigenvalue weighted by Gasteiger charge is -2.05.